The van der Waals surface area contributed by atoms with Crippen LogP contribution in [0, 0.1) is 0 Å². The third kappa shape index (κ3) is 4.16. The fraction of sp³-hybridized carbons (Fsp3) is 0.375. The van der Waals surface area contributed by atoms with E-state index in [0.717, 1.165) is 17.7 Å². The first-order valence-corrected chi connectivity index (χ1v) is 7.18. The Morgan fingerprint density at radius 3 is 2.90 bits per heavy atom. The minimum atomic E-state index is -0.841. The number of aromatic nitrogens is 2. The highest BCUT2D eigenvalue weighted by Gasteiger charge is 2.27. The van der Waals surface area contributed by atoms with Crippen molar-refractivity contribution in [2.45, 2.75) is 38.8 Å². The molecule has 0 spiro atoms. The second kappa shape index (κ2) is 6.54. The van der Waals surface area contributed by atoms with E-state index in [1.54, 1.807) is 13.1 Å². The predicted octanol–water partition coefficient (Wildman–Crippen LogP) is 2.39. The zero-order chi connectivity index (χ0) is 15.3. The number of hydrogen-bond acceptors (Lipinski definition) is 3. The number of rotatable bonds is 6. The molecular weight excluding hydrogens is 264 g/mol. The summed E-state index contributed by atoms with van der Waals surface area (Å²) in [5.41, 5.74) is 7.04. The summed E-state index contributed by atoms with van der Waals surface area (Å²) in [5.74, 6) is -0.152. The van der Waals surface area contributed by atoms with Gasteiger partial charge in [-0.05, 0) is 37.1 Å². The summed E-state index contributed by atoms with van der Waals surface area (Å²) in [5, 5.41) is 7.07. The van der Waals surface area contributed by atoms with Crippen LogP contribution < -0.4 is 11.1 Å². The van der Waals surface area contributed by atoms with E-state index in [1.165, 1.54) is 0 Å². The van der Waals surface area contributed by atoms with Crippen LogP contribution in [0.15, 0.2) is 42.7 Å². The number of carbonyl (C=O) groups excluding carboxylic acids is 1. The van der Waals surface area contributed by atoms with Crippen LogP contribution in [0.5, 0.6) is 0 Å². The number of nitrogens with two attached hydrogens (primary N) is 1. The Balaban J connectivity index is 2.06. The van der Waals surface area contributed by atoms with Gasteiger partial charge in [0, 0.05) is 18.1 Å². The number of nitrogens with zero attached hydrogens (tertiary/aromatic N) is 2. The molecule has 5 heteroatoms. The lowest BCUT2D eigenvalue weighted by Crippen LogP contribution is -2.48. The molecule has 112 valence electrons. The Kier molecular flexibility index (Phi) is 4.75. The minimum Gasteiger partial charge on any atom is -0.324 e. The molecule has 5 nitrogen and oxygen atoms in total. The second-order valence-electron chi connectivity index (χ2n) is 5.53. The molecule has 2 aromatic rings. The van der Waals surface area contributed by atoms with E-state index in [0.29, 0.717) is 13.0 Å². The number of amides is 1. The van der Waals surface area contributed by atoms with Gasteiger partial charge in [-0.1, -0.05) is 25.5 Å². The van der Waals surface area contributed by atoms with E-state index in [9.17, 15) is 4.79 Å². The molecule has 1 aromatic heterocycles. The lowest BCUT2D eigenvalue weighted by atomic mass is 9.96. The summed E-state index contributed by atoms with van der Waals surface area (Å²) < 4.78 is 1.84. The van der Waals surface area contributed by atoms with Crippen LogP contribution in [0.25, 0.3) is 0 Å². The molecule has 1 heterocycles. The molecule has 3 N–H and O–H groups in total. The smallest absolute Gasteiger partial charge is 0.244 e. The number of anilines is 1. The highest BCUT2D eigenvalue weighted by molar-refractivity contribution is 5.97. The molecule has 0 fully saturated rings. The molecular formula is C16H22N4O. The Morgan fingerprint density at radius 1 is 1.43 bits per heavy atom. The minimum absolute atomic E-state index is 0.152. The van der Waals surface area contributed by atoms with Crippen molar-refractivity contribution in [3.05, 3.63) is 48.3 Å². The topological polar surface area (TPSA) is 72.9 Å². The van der Waals surface area contributed by atoms with Crippen molar-refractivity contribution in [1.29, 1.82) is 0 Å². The Hall–Kier alpha value is -2.14. The molecule has 0 aliphatic heterocycles. The van der Waals surface area contributed by atoms with E-state index in [2.05, 4.69) is 10.4 Å². The van der Waals surface area contributed by atoms with Crippen LogP contribution in [0.1, 0.15) is 32.3 Å². The molecule has 0 bridgehead atoms. The van der Waals surface area contributed by atoms with Crippen molar-refractivity contribution in [3.63, 3.8) is 0 Å². The van der Waals surface area contributed by atoms with E-state index in [4.69, 9.17) is 5.73 Å². The SMILES string of the molecule is CCCC(C)(N)C(=O)Nc1cccc(Cn2cccn2)c1. The molecule has 1 amide bonds. The average Bonchev–Trinajstić information content (AvgIpc) is 2.92. The fourth-order valence-corrected chi connectivity index (χ4v) is 2.24. The van der Waals surface area contributed by atoms with Crippen molar-refractivity contribution in [2.75, 3.05) is 5.32 Å². The molecule has 0 saturated heterocycles. The van der Waals surface area contributed by atoms with Gasteiger partial charge in [0.15, 0.2) is 0 Å². The van der Waals surface area contributed by atoms with Gasteiger partial charge in [-0.25, -0.2) is 0 Å². The van der Waals surface area contributed by atoms with Gasteiger partial charge in [-0.3, -0.25) is 9.48 Å². The first-order valence-electron chi connectivity index (χ1n) is 7.18. The van der Waals surface area contributed by atoms with Crippen molar-refractivity contribution in [2.24, 2.45) is 5.73 Å². The van der Waals surface area contributed by atoms with Gasteiger partial charge in [-0.15, -0.1) is 0 Å². The summed E-state index contributed by atoms with van der Waals surface area (Å²) >= 11 is 0. The standard InChI is InChI=1S/C16H22N4O/c1-3-8-16(2,17)15(21)19-14-7-4-6-13(11-14)12-20-10-5-9-18-20/h4-7,9-11H,3,8,12,17H2,1-2H3,(H,19,21). The molecule has 21 heavy (non-hydrogen) atoms. The average molecular weight is 286 g/mol. The number of carbonyl (C=O) groups is 1. The summed E-state index contributed by atoms with van der Waals surface area (Å²) in [7, 11) is 0. The highest BCUT2D eigenvalue weighted by Crippen LogP contribution is 2.16. The third-order valence-electron chi connectivity index (χ3n) is 3.38. The van der Waals surface area contributed by atoms with Gasteiger partial charge in [0.1, 0.15) is 0 Å². The first kappa shape index (κ1) is 15.3. The quantitative estimate of drug-likeness (QED) is 0.856. The van der Waals surface area contributed by atoms with Gasteiger partial charge in [-0.2, -0.15) is 5.10 Å². The molecule has 0 aliphatic carbocycles. The Labute approximate surface area is 125 Å². The highest BCUT2D eigenvalue weighted by atomic mass is 16.2. The van der Waals surface area contributed by atoms with E-state index < -0.39 is 5.54 Å². The van der Waals surface area contributed by atoms with E-state index >= 15 is 0 Å². The van der Waals surface area contributed by atoms with Gasteiger partial charge in [0.05, 0.1) is 12.1 Å². The summed E-state index contributed by atoms with van der Waals surface area (Å²) in [6.07, 6.45) is 5.19. The summed E-state index contributed by atoms with van der Waals surface area (Å²) in [6, 6.07) is 9.62. The van der Waals surface area contributed by atoms with Crippen LogP contribution in [0.3, 0.4) is 0 Å². The molecule has 0 aliphatic rings. The molecule has 0 saturated carbocycles. The monoisotopic (exact) mass is 286 g/mol. The zero-order valence-electron chi connectivity index (χ0n) is 12.5. The summed E-state index contributed by atoms with van der Waals surface area (Å²) in [6.45, 7) is 4.45. The van der Waals surface area contributed by atoms with E-state index in [1.807, 2.05) is 48.1 Å². The lowest BCUT2D eigenvalue weighted by molar-refractivity contribution is -0.120. The maximum absolute atomic E-state index is 12.2. The normalized spacial score (nSPS) is 13.7. The lowest BCUT2D eigenvalue weighted by Gasteiger charge is -2.23. The van der Waals surface area contributed by atoms with Crippen molar-refractivity contribution >= 4 is 11.6 Å². The molecule has 1 unspecified atom stereocenters. The van der Waals surface area contributed by atoms with Gasteiger partial charge in [0.2, 0.25) is 5.91 Å². The molecule has 2 rings (SSSR count). The Morgan fingerprint density at radius 2 is 2.24 bits per heavy atom. The van der Waals surface area contributed by atoms with Crippen molar-refractivity contribution < 1.29 is 4.79 Å². The first-order chi connectivity index (χ1) is 10.0. The molecule has 0 radical (unpaired) electrons. The molecule has 1 atom stereocenters. The fourth-order valence-electron chi connectivity index (χ4n) is 2.24. The number of hydrogen-bond donors (Lipinski definition) is 2. The van der Waals surface area contributed by atoms with E-state index in [-0.39, 0.29) is 5.91 Å². The van der Waals surface area contributed by atoms with Gasteiger partial charge >= 0.3 is 0 Å². The summed E-state index contributed by atoms with van der Waals surface area (Å²) in [4.78, 5) is 12.2. The Bertz CT molecular complexity index is 590. The van der Waals surface area contributed by atoms with Crippen LogP contribution >= 0.6 is 0 Å². The van der Waals surface area contributed by atoms with Crippen molar-refractivity contribution in [3.8, 4) is 0 Å². The number of nitrogens with one attached hydrogen (secondary N) is 1. The van der Waals surface area contributed by atoms with Crippen LogP contribution in [-0.4, -0.2) is 21.2 Å². The largest absolute Gasteiger partial charge is 0.324 e. The maximum atomic E-state index is 12.2. The number of benzene rings is 1. The predicted molar refractivity (Wildman–Crippen MR) is 83.9 cm³/mol. The molecule has 1 aromatic carbocycles. The van der Waals surface area contributed by atoms with Crippen LogP contribution in [0.2, 0.25) is 0 Å². The van der Waals surface area contributed by atoms with Crippen LogP contribution in [0.4, 0.5) is 5.69 Å². The third-order valence-corrected chi connectivity index (χ3v) is 3.38. The van der Waals surface area contributed by atoms with Crippen LogP contribution in [-0.2, 0) is 11.3 Å². The second-order valence-corrected chi connectivity index (χ2v) is 5.53. The maximum Gasteiger partial charge on any atom is 0.244 e. The van der Waals surface area contributed by atoms with Crippen molar-refractivity contribution in [1.82, 2.24) is 9.78 Å². The zero-order valence-corrected chi connectivity index (χ0v) is 12.5. The van der Waals surface area contributed by atoms with Gasteiger partial charge in [0.25, 0.3) is 0 Å². The van der Waals surface area contributed by atoms with Gasteiger partial charge < -0.3 is 11.1 Å².